The molecule has 11 nitrogen and oxygen atoms in total. The summed E-state index contributed by atoms with van der Waals surface area (Å²) in [7, 11) is -1.18. The monoisotopic (exact) mass is 696 g/mol. The highest BCUT2D eigenvalue weighted by molar-refractivity contribution is 7.89. The van der Waals surface area contributed by atoms with E-state index in [4.69, 9.17) is 22.1 Å². The lowest BCUT2D eigenvalue weighted by Gasteiger charge is -2.43. The predicted octanol–water partition coefficient (Wildman–Crippen LogP) is 5.12. The number of carbonyl (C=O) groups is 1. The molecule has 0 aliphatic carbocycles. The first-order valence-corrected chi connectivity index (χ1v) is 16.8. The number of nitrogens with zero attached hydrogens (tertiary/aromatic N) is 4. The largest absolute Gasteiger partial charge is 0.480 e. The first-order valence-electron chi connectivity index (χ1n) is 15.0. The van der Waals surface area contributed by atoms with Gasteiger partial charge < -0.3 is 25.8 Å². The molecule has 16 heteroatoms. The SMILES string of the molecule is CCC1NC(C(=O)O)CC12CCN(c1cc(O[C@H](c3ccc(Cl)cc3-c3cccc(S(=O)(=O)N(C)C)c3)C(F)(F)F)nc(N)n1)CC2. The minimum absolute atomic E-state index is 0.0227. The minimum Gasteiger partial charge on any atom is -0.480 e. The predicted molar refractivity (Wildman–Crippen MR) is 171 cm³/mol. The molecule has 0 bridgehead atoms. The van der Waals surface area contributed by atoms with Crippen LogP contribution < -0.4 is 20.7 Å². The summed E-state index contributed by atoms with van der Waals surface area (Å²) >= 11 is 6.22. The van der Waals surface area contributed by atoms with E-state index in [1.165, 1.54) is 62.6 Å². The average molecular weight is 697 g/mol. The van der Waals surface area contributed by atoms with Crippen molar-refractivity contribution in [1.82, 2.24) is 19.6 Å². The third-order valence-electron chi connectivity index (χ3n) is 9.01. The number of hydrogen-bond donors (Lipinski definition) is 3. The van der Waals surface area contributed by atoms with E-state index < -0.39 is 40.2 Å². The number of piperidine rings is 1. The normalized spacial score (nSPS) is 20.5. The van der Waals surface area contributed by atoms with Crippen LogP contribution in [0.15, 0.2) is 53.4 Å². The number of sulfonamides is 1. The van der Waals surface area contributed by atoms with E-state index in [2.05, 4.69) is 15.3 Å². The summed E-state index contributed by atoms with van der Waals surface area (Å²) in [5.41, 5.74) is 5.63. The van der Waals surface area contributed by atoms with Crippen LogP contribution in [-0.2, 0) is 14.8 Å². The summed E-state index contributed by atoms with van der Waals surface area (Å²) < 4.78 is 76.4. The Hall–Kier alpha value is -3.66. The third-order valence-corrected chi connectivity index (χ3v) is 11.1. The van der Waals surface area contributed by atoms with Crippen molar-refractivity contribution in [2.45, 2.75) is 61.9 Å². The zero-order valence-corrected chi connectivity index (χ0v) is 27.5. The molecule has 1 aromatic heterocycles. The highest BCUT2D eigenvalue weighted by atomic mass is 35.5. The van der Waals surface area contributed by atoms with Crippen LogP contribution in [0.1, 0.15) is 44.3 Å². The molecule has 2 saturated heterocycles. The van der Waals surface area contributed by atoms with Crippen LogP contribution in [0.2, 0.25) is 5.02 Å². The summed E-state index contributed by atoms with van der Waals surface area (Å²) in [5, 5.41) is 12.9. The van der Waals surface area contributed by atoms with Crippen LogP contribution in [0, 0.1) is 5.41 Å². The number of halogens is 4. The van der Waals surface area contributed by atoms with Gasteiger partial charge in [-0.05, 0) is 66.5 Å². The lowest BCUT2D eigenvalue weighted by atomic mass is 9.71. The first-order chi connectivity index (χ1) is 22.0. The highest BCUT2D eigenvalue weighted by Crippen LogP contribution is 2.46. The number of carboxylic acid groups (broad SMARTS) is 1. The van der Waals surface area contributed by atoms with Gasteiger partial charge in [0.1, 0.15) is 11.9 Å². The number of benzene rings is 2. The summed E-state index contributed by atoms with van der Waals surface area (Å²) in [6.07, 6.45) is -4.88. The van der Waals surface area contributed by atoms with E-state index in [1.807, 2.05) is 11.8 Å². The average Bonchev–Trinajstić information content (AvgIpc) is 3.37. The van der Waals surface area contributed by atoms with Crippen molar-refractivity contribution in [1.29, 1.82) is 0 Å². The molecular weight excluding hydrogens is 661 g/mol. The van der Waals surface area contributed by atoms with Gasteiger partial charge in [0.15, 0.2) is 0 Å². The Morgan fingerprint density at radius 2 is 1.89 bits per heavy atom. The van der Waals surface area contributed by atoms with Crippen molar-refractivity contribution in [2.75, 3.05) is 37.8 Å². The standard InChI is InChI=1S/C31H36ClF3N6O5S/c1-4-24-30(17-23(37-24)28(42)43)10-12-41(13-11-30)25-16-26(39-29(36)38-25)46-27(31(33,34)35)21-9-8-19(32)15-22(21)18-6-5-7-20(14-18)47(44,45)40(2)3/h5-9,14-16,23-24,27,37H,4,10-13,17H2,1-3H3,(H,42,43)(H2,36,38,39)/t23?,24?,27-/m1/s1. The van der Waals surface area contributed by atoms with Crippen LogP contribution in [0.5, 0.6) is 5.88 Å². The summed E-state index contributed by atoms with van der Waals surface area (Å²) in [6.45, 7) is 2.98. The molecule has 0 saturated carbocycles. The van der Waals surface area contributed by atoms with Crippen LogP contribution in [0.4, 0.5) is 24.9 Å². The Morgan fingerprint density at radius 3 is 2.51 bits per heavy atom. The number of carboxylic acids is 1. The molecule has 0 amide bonds. The van der Waals surface area contributed by atoms with E-state index in [0.717, 1.165) is 10.7 Å². The number of alkyl halides is 3. The van der Waals surface area contributed by atoms with Crippen molar-refractivity contribution < 1.29 is 36.2 Å². The maximum Gasteiger partial charge on any atom is 0.429 e. The topological polar surface area (TPSA) is 151 Å². The van der Waals surface area contributed by atoms with Crippen molar-refractivity contribution in [2.24, 2.45) is 5.41 Å². The van der Waals surface area contributed by atoms with Gasteiger partial charge in [0, 0.05) is 49.9 Å². The molecule has 3 atom stereocenters. The smallest absolute Gasteiger partial charge is 0.429 e. The summed E-state index contributed by atoms with van der Waals surface area (Å²) in [5.74, 6) is -1.28. The van der Waals surface area contributed by atoms with E-state index >= 15 is 0 Å². The molecule has 2 fully saturated rings. The number of hydrogen-bond acceptors (Lipinski definition) is 9. The molecule has 2 aliphatic heterocycles. The number of aliphatic carboxylic acids is 1. The Kier molecular flexibility index (Phi) is 9.66. The summed E-state index contributed by atoms with van der Waals surface area (Å²) in [4.78, 5) is 21.7. The number of nitrogens with two attached hydrogens (primary N) is 1. The molecule has 2 unspecified atom stereocenters. The Balaban J connectivity index is 1.45. The fraction of sp³-hybridized carbons (Fsp3) is 0.452. The van der Waals surface area contributed by atoms with E-state index in [-0.39, 0.29) is 49.8 Å². The van der Waals surface area contributed by atoms with Gasteiger partial charge in [-0.1, -0.05) is 36.7 Å². The maximum atomic E-state index is 14.8. The molecule has 254 valence electrons. The zero-order valence-electron chi connectivity index (χ0n) is 26.0. The fourth-order valence-corrected chi connectivity index (χ4v) is 7.71. The molecular formula is C31H36ClF3N6O5S. The Labute approximate surface area is 275 Å². The van der Waals surface area contributed by atoms with Gasteiger partial charge >= 0.3 is 12.1 Å². The maximum absolute atomic E-state index is 14.8. The van der Waals surface area contributed by atoms with Gasteiger partial charge in [-0.25, -0.2) is 12.7 Å². The second-order valence-corrected chi connectivity index (χ2v) is 14.7. The third kappa shape index (κ3) is 7.12. The molecule has 3 aromatic rings. The van der Waals surface area contributed by atoms with Crippen LogP contribution in [0.25, 0.3) is 11.1 Å². The molecule has 2 aromatic carbocycles. The van der Waals surface area contributed by atoms with Crippen LogP contribution >= 0.6 is 11.6 Å². The summed E-state index contributed by atoms with van der Waals surface area (Å²) in [6, 6.07) is 10.1. The van der Waals surface area contributed by atoms with Gasteiger partial charge in [0.05, 0.1) is 4.90 Å². The van der Waals surface area contributed by atoms with E-state index in [1.54, 1.807) is 0 Å². The van der Waals surface area contributed by atoms with E-state index in [0.29, 0.717) is 32.4 Å². The van der Waals surface area contributed by atoms with Crippen LogP contribution in [-0.4, -0.2) is 79.2 Å². The number of anilines is 2. The van der Waals surface area contributed by atoms with Crippen molar-refractivity contribution in [3.63, 3.8) is 0 Å². The van der Waals surface area contributed by atoms with Gasteiger partial charge in [-0.3, -0.25) is 4.79 Å². The molecule has 1 spiro atoms. The number of nitrogens with one attached hydrogen (secondary N) is 1. The van der Waals surface area contributed by atoms with Gasteiger partial charge in [-0.15, -0.1) is 0 Å². The lowest BCUT2D eigenvalue weighted by Crippen LogP contribution is -2.46. The molecule has 3 heterocycles. The first kappa shape index (κ1) is 34.7. The highest BCUT2D eigenvalue weighted by Gasteiger charge is 2.50. The van der Waals surface area contributed by atoms with Crippen molar-refractivity contribution >= 4 is 39.4 Å². The molecule has 47 heavy (non-hydrogen) atoms. The molecule has 0 radical (unpaired) electrons. The number of nitrogen functional groups attached to an aromatic ring is 1. The lowest BCUT2D eigenvalue weighted by molar-refractivity contribution is -0.198. The number of rotatable bonds is 9. The Bertz CT molecular complexity index is 1750. The van der Waals surface area contributed by atoms with E-state index in [9.17, 15) is 31.5 Å². The molecule has 4 N–H and O–H groups in total. The molecule has 2 aliphatic rings. The van der Waals surface area contributed by atoms with Gasteiger partial charge in [0.2, 0.25) is 28.0 Å². The zero-order chi connectivity index (χ0) is 34.3. The van der Waals surface area contributed by atoms with Gasteiger partial charge in [0.25, 0.3) is 0 Å². The Morgan fingerprint density at radius 1 is 1.19 bits per heavy atom. The molecule has 5 rings (SSSR count). The number of aromatic nitrogens is 2. The number of ether oxygens (including phenoxy) is 1. The second-order valence-electron chi connectivity index (χ2n) is 12.1. The second kappa shape index (κ2) is 13.1. The van der Waals surface area contributed by atoms with Crippen molar-refractivity contribution in [3.05, 3.63) is 59.1 Å². The van der Waals surface area contributed by atoms with Crippen LogP contribution in [0.3, 0.4) is 0 Å². The van der Waals surface area contributed by atoms with Crippen molar-refractivity contribution in [3.8, 4) is 17.0 Å². The minimum atomic E-state index is -4.93. The fourth-order valence-electron chi connectivity index (χ4n) is 6.59. The van der Waals surface area contributed by atoms with Gasteiger partial charge in [-0.2, -0.15) is 23.1 Å². The quantitative estimate of drug-likeness (QED) is 0.275.